The van der Waals surface area contributed by atoms with E-state index in [2.05, 4.69) is 27.1 Å². The average Bonchev–Trinajstić information content (AvgIpc) is 2.97. The lowest BCUT2D eigenvalue weighted by Crippen LogP contribution is -2.48. The molecule has 0 spiro atoms. The minimum absolute atomic E-state index is 0.0323. The molecule has 0 bridgehead atoms. The van der Waals surface area contributed by atoms with Crippen LogP contribution in [0.1, 0.15) is 37.0 Å². The van der Waals surface area contributed by atoms with Crippen molar-refractivity contribution in [1.29, 1.82) is 0 Å². The average molecular weight is 550 g/mol. The van der Waals surface area contributed by atoms with E-state index in [0.29, 0.717) is 48.9 Å². The molecule has 0 saturated carbocycles. The van der Waals surface area contributed by atoms with Gasteiger partial charge in [0.2, 0.25) is 5.91 Å². The third-order valence-corrected chi connectivity index (χ3v) is 7.86. The van der Waals surface area contributed by atoms with E-state index in [9.17, 15) is 14.4 Å². The lowest BCUT2D eigenvalue weighted by atomic mass is 9.98. The van der Waals surface area contributed by atoms with Gasteiger partial charge in [0.05, 0.1) is 24.3 Å². The molecule has 5 rings (SSSR count). The van der Waals surface area contributed by atoms with E-state index in [1.165, 1.54) is 0 Å². The van der Waals surface area contributed by atoms with Gasteiger partial charge in [0, 0.05) is 76.2 Å². The molecule has 3 heterocycles. The molecule has 214 valence electrons. The number of hydrogen-bond acceptors (Lipinski definition) is 8. The van der Waals surface area contributed by atoms with Gasteiger partial charge < -0.3 is 34.4 Å². The molecule has 1 atom stereocenters. The molecule has 3 aliphatic rings. The van der Waals surface area contributed by atoms with Crippen molar-refractivity contribution in [3.8, 4) is 11.5 Å². The van der Waals surface area contributed by atoms with Crippen molar-refractivity contribution in [2.24, 2.45) is 0 Å². The van der Waals surface area contributed by atoms with Crippen LogP contribution in [0.15, 0.2) is 36.4 Å². The number of carbonyl (C=O) groups is 3. The van der Waals surface area contributed by atoms with Gasteiger partial charge in [-0.1, -0.05) is 6.92 Å². The maximum Gasteiger partial charge on any atom is 0.265 e. The van der Waals surface area contributed by atoms with Crippen molar-refractivity contribution < 1.29 is 23.9 Å². The first-order valence-electron chi connectivity index (χ1n) is 14.2. The highest BCUT2D eigenvalue weighted by molar-refractivity contribution is 6.07. The zero-order valence-corrected chi connectivity index (χ0v) is 23.6. The number of likely N-dealkylation sites (N-methyl/N-ethyl adjacent to an activating group) is 1. The SMILES string of the molecule is CCOc1cc2c(c(N3CCN(C)CC3)c1)OC(C(=O)Nc1ccc(N3CCN(C(=O)CC)CC3)cc1)CC2=O. The van der Waals surface area contributed by atoms with Crippen LogP contribution in [0, 0.1) is 0 Å². The fourth-order valence-corrected chi connectivity index (χ4v) is 5.48. The van der Waals surface area contributed by atoms with E-state index in [1.807, 2.05) is 49.1 Å². The summed E-state index contributed by atoms with van der Waals surface area (Å²) in [6.07, 6.45) is -0.426. The Kier molecular flexibility index (Phi) is 8.44. The number of piperazine rings is 2. The Labute approximate surface area is 235 Å². The summed E-state index contributed by atoms with van der Waals surface area (Å²) >= 11 is 0. The number of anilines is 3. The summed E-state index contributed by atoms with van der Waals surface area (Å²) in [7, 11) is 2.09. The van der Waals surface area contributed by atoms with Crippen molar-refractivity contribution in [2.75, 3.05) is 81.1 Å². The van der Waals surface area contributed by atoms with Gasteiger partial charge in [0.25, 0.3) is 5.91 Å². The highest BCUT2D eigenvalue weighted by atomic mass is 16.5. The topological polar surface area (TPSA) is 94.7 Å². The van der Waals surface area contributed by atoms with Crippen LogP contribution in [-0.2, 0) is 9.59 Å². The van der Waals surface area contributed by atoms with Crippen LogP contribution >= 0.6 is 0 Å². The summed E-state index contributed by atoms with van der Waals surface area (Å²) in [5.41, 5.74) is 2.95. The van der Waals surface area contributed by atoms with Crippen LogP contribution < -0.4 is 24.6 Å². The number of amides is 2. The van der Waals surface area contributed by atoms with E-state index in [-0.39, 0.29) is 24.0 Å². The van der Waals surface area contributed by atoms with Gasteiger partial charge >= 0.3 is 0 Å². The van der Waals surface area contributed by atoms with Crippen LogP contribution in [-0.4, -0.2) is 99.5 Å². The van der Waals surface area contributed by atoms with E-state index in [1.54, 1.807) is 6.07 Å². The molecule has 2 aromatic carbocycles. The quantitative estimate of drug-likeness (QED) is 0.564. The normalized spacial score (nSPS) is 19.6. The summed E-state index contributed by atoms with van der Waals surface area (Å²) < 4.78 is 12.0. The van der Waals surface area contributed by atoms with Gasteiger partial charge in [0.1, 0.15) is 5.75 Å². The second kappa shape index (κ2) is 12.2. The Bertz CT molecular complexity index is 1230. The second-order valence-corrected chi connectivity index (χ2v) is 10.5. The van der Waals surface area contributed by atoms with E-state index < -0.39 is 6.10 Å². The molecule has 1 unspecified atom stereocenters. The maximum absolute atomic E-state index is 13.3. The molecular weight excluding hydrogens is 510 g/mol. The number of benzene rings is 2. The van der Waals surface area contributed by atoms with Crippen LogP contribution in [0.25, 0.3) is 0 Å². The van der Waals surface area contributed by atoms with Gasteiger partial charge in [-0.3, -0.25) is 14.4 Å². The Hall–Kier alpha value is -3.79. The number of rotatable bonds is 7. The van der Waals surface area contributed by atoms with E-state index in [0.717, 1.165) is 50.6 Å². The third kappa shape index (κ3) is 6.01. The number of ketones is 1. The zero-order valence-electron chi connectivity index (χ0n) is 23.6. The Morgan fingerprint density at radius 2 is 1.62 bits per heavy atom. The number of ether oxygens (including phenoxy) is 2. The summed E-state index contributed by atoms with van der Waals surface area (Å²) in [5, 5.41) is 2.93. The summed E-state index contributed by atoms with van der Waals surface area (Å²) in [6, 6.07) is 11.3. The molecule has 10 nitrogen and oxygen atoms in total. The summed E-state index contributed by atoms with van der Waals surface area (Å²) in [4.78, 5) is 47.0. The first-order chi connectivity index (χ1) is 19.4. The third-order valence-electron chi connectivity index (χ3n) is 7.86. The molecule has 0 aliphatic carbocycles. The molecule has 2 amide bonds. The standard InChI is InChI=1S/C30H39N5O5/c1-4-28(37)35-16-14-33(15-17-35)22-8-6-21(7-9-22)31-30(38)27-20-26(36)24-18-23(39-5-2)19-25(29(24)40-27)34-12-10-32(3)11-13-34/h6-9,18-19,27H,4-5,10-17,20H2,1-3H3,(H,31,38). The summed E-state index contributed by atoms with van der Waals surface area (Å²) in [5.74, 6) is 0.800. The Morgan fingerprint density at radius 1 is 0.950 bits per heavy atom. The number of carbonyl (C=O) groups excluding carboxylic acids is 3. The second-order valence-electron chi connectivity index (χ2n) is 10.5. The fourth-order valence-electron chi connectivity index (χ4n) is 5.48. The van der Waals surface area contributed by atoms with E-state index in [4.69, 9.17) is 9.47 Å². The lowest BCUT2D eigenvalue weighted by molar-refractivity contribution is -0.131. The van der Waals surface area contributed by atoms with Crippen molar-refractivity contribution in [3.63, 3.8) is 0 Å². The predicted molar refractivity (Wildman–Crippen MR) is 155 cm³/mol. The first-order valence-corrected chi connectivity index (χ1v) is 14.2. The highest BCUT2D eigenvalue weighted by Crippen LogP contribution is 2.41. The van der Waals surface area contributed by atoms with Crippen LogP contribution in [0.4, 0.5) is 17.1 Å². The summed E-state index contributed by atoms with van der Waals surface area (Å²) in [6.45, 7) is 10.6. The first kappa shape index (κ1) is 27.8. The van der Waals surface area contributed by atoms with Gasteiger partial charge in [-0.2, -0.15) is 0 Å². The van der Waals surface area contributed by atoms with Gasteiger partial charge in [-0.05, 0) is 44.3 Å². The molecule has 0 aromatic heterocycles. The van der Waals surface area contributed by atoms with Crippen LogP contribution in [0.3, 0.4) is 0 Å². The largest absolute Gasteiger partial charge is 0.494 e. The molecule has 1 N–H and O–H groups in total. The maximum atomic E-state index is 13.3. The smallest absolute Gasteiger partial charge is 0.265 e. The number of hydrogen-bond donors (Lipinski definition) is 1. The fraction of sp³-hybridized carbons (Fsp3) is 0.500. The van der Waals surface area contributed by atoms with Crippen molar-refractivity contribution in [1.82, 2.24) is 9.80 Å². The monoisotopic (exact) mass is 549 g/mol. The van der Waals surface area contributed by atoms with Gasteiger partial charge in [-0.25, -0.2) is 0 Å². The molecule has 3 aliphatic heterocycles. The molecule has 2 fully saturated rings. The van der Waals surface area contributed by atoms with Gasteiger partial charge in [-0.15, -0.1) is 0 Å². The molecule has 40 heavy (non-hydrogen) atoms. The molecule has 0 radical (unpaired) electrons. The van der Waals surface area contributed by atoms with E-state index >= 15 is 0 Å². The number of fused-ring (bicyclic) bond motifs is 1. The minimum Gasteiger partial charge on any atom is -0.494 e. The number of nitrogens with zero attached hydrogens (tertiary/aromatic N) is 4. The zero-order chi connectivity index (χ0) is 28.2. The predicted octanol–water partition coefficient (Wildman–Crippen LogP) is 2.87. The lowest BCUT2D eigenvalue weighted by Gasteiger charge is -2.37. The van der Waals surface area contributed by atoms with Crippen molar-refractivity contribution in [2.45, 2.75) is 32.8 Å². The molecule has 10 heteroatoms. The van der Waals surface area contributed by atoms with Crippen molar-refractivity contribution in [3.05, 3.63) is 42.0 Å². The molecular formula is C30H39N5O5. The van der Waals surface area contributed by atoms with Gasteiger partial charge in [0.15, 0.2) is 17.6 Å². The number of Topliss-reactive ketones (excluding diaryl/α,β-unsaturated/α-hetero) is 1. The Morgan fingerprint density at radius 3 is 2.27 bits per heavy atom. The molecule has 2 saturated heterocycles. The Balaban J connectivity index is 1.27. The molecule has 2 aromatic rings. The minimum atomic E-state index is -0.923. The van der Waals surface area contributed by atoms with Crippen LogP contribution in [0.5, 0.6) is 11.5 Å². The van der Waals surface area contributed by atoms with Crippen molar-refractivity contribution >= 4 is 34.7 Å². The highest BCUT2D eigenvalue weighted by Gasteiger charge is 2.35. The van der Waals surface area contributed by atoms with Crippen LogP contribution in [0.2, 0.25) is 0 Å². The number of nitrogens with one attached hydrogen (secondary N) is 1.